The van der Waals surface area contributed by atoms with E-state index in [1.165, 1.54) is 47.9 Å². The Bertz CT molecular complexity index is 915. The first kappa shape index (κ1) is 35.0. The van der Waals surface area contributed by atoms with E-state index in [2.05, 4.69) is 63.8 Å². The third-order valence-electron chi connectivity index (χ3n) is 7.61. The summed E-state index contributed by atoms with van der Waals surface area (Å²) in [5.41, 5.74) is 7.58. The summed E-state index contributed by atoms with van der Waals surface area (Å²) in [7, 11) is 3.40. The average molecular weight is 570 g/mol. The van der Waals surface area contributed by atoms with E-state index in [0.29, 0.717) is 0 Å². The number of anilines is 2. The summed E-state index contributed by atoms with van der Waals surface area (Å²) in [6.07, 6.45) is 15.6. The van der Waals surface area contributed by atoms with Gasteiger partial charge < -0.3 is 23.8 Å². The van der Waals surface area contributed by atoms with Gasteiger partial charge in [-0.2, -0.15) is 0 Å². The highest BCUT2D eigenvalue weighted by Crippen LogP contribution is 2.44. The predicted molar refractivity (Wildman–Crippen MR) is 174 cm³/mol. The van der Waals surface area contributed by atoms with Gasteiger partial charge in [-0.1, -0.05) is 78.9 Å². The van der Waals surface area contributed by atoms with Gasteiger partial charge in [0.05, 0.1) is 11.4 Å². The Labute approximate surface area is 251 Å². The molecule has 0 aliphatic carbocycles. The molecule has 0 saturated carbocycles. The van der Waals surface area contributed by atoms with Crippen molar-refractivity contribution in [2.45, 2.75) is 125 Å². The van der Waals surface area contributed by atoms with Crippen LogP contribution in [0.2, 0.25) is 0 Å². The number of ether oxygens (including phenoxy) is 4. The van der Waals surface area contributed by atoms with Crippen molar-refractivity contribution >= 4 is 11.4 Å². The molecule has 0 N–H and O–H groups in total. The van der Waals surface area contributed by atoms with E-state index < -0.39 is 0 Å². The SMILES string of the molecule is CCCCc1cc(CCCC)c(OCOC)c(N(CCCC)c2cc(CCCC)cc(CCCC)c2OCOC)c1. The van der Waals surface area contributed by atoms with Crippen molar-refractivity contribution in [3.8, 4) is 11.5 Å². The number of aryl methyl sites for hydroxylation is 4. The zero-order chi connectivity index (χ0) is 29.9. The van der Waals surface area contributed by atoms with E-state index in [1.54, 1.807) is 14.2 Å². The van der Waals surface area contributed by atoms with E-state index in [-0.39, 0.29) is 13.6 Å². The number of hydrogen-bond donors (Lipinski definition) is 0. The van der Waals surface area contributed by atoms with Gasteiger partial charge >= 0.3 is 0 Å². The number of benzene rings is 2. The topological polar surface area (TPSA) is 40.2 Å². The summed E-state index contributed by atoms with van der Waals surface area (Å²) in [4.78, 5) is 2.48. The van der Waals surface area contributed by atoms with Crippen LogP contribution in [0, 0.1) is 0 Å². The van der Waals surface area contributed by atoms with Gasteiger partial charge in [-0.25, -0.2) is 0 Å². The fourth-order valence-electron chi connectivity index (χ4n) is 5.29. The second-order valence-electron chi connectivity index (χ2n) is 11.2. The largest absolute Gasteiger partial charge is 0.465 e. The van der Waals surface area contributed by atoms with Crippen molar-refractivity contribution in [2.24, 2.45) is 0 Å². The molecule has 41 heavy (non-hydrogen) atoms. The van der Waals surface area contributed by atoms with Gasteiger partial charge in [0.2, 0.25) is 0 Å². The van der Waals surface area contributed by atoms with Crippen molar-refractivity contribution in [1.29, 1.82) is 0 Å². The summed E-state index contributed by atoms with van der Waals surface area (Å²) >= 11 is 0. The Morgan fingerprint density at radius 2 is 0.902 bits per heavy atom. The molecule has 0 atom stereocenters. The molecule has 0 bridgehead atoms. The molecule has 0 amide bonds. The molecule has 232 valence electrons. The van der Waals surface area contributed by atoms with Crippen LogP contribution in [0.25, 0.3) is 0 Å². The Kier molecular flexibility index (Phi) is 17.6. The summed E-state index contributed by atoms with van der Waals surface area (Å²) in [5, 5.41) is 0. The van der Waals surface area contributed by atoms with E-state index in [1.807, 2.05) is 0 Å². The Hall–Kier alpha value is -2.24. The fraction of sp³-hybridized carbons (Fsp3) is 0.667. The molecule has 5 heteroatoms. The number of nitrogens with zero attached hydrogens (tertiary/aromatic N) is 1. The first-order valence-electron chi connectivity index (χ1n) is 16.4. The second kappa shape index (κ2) is 20.6. The standard InChI is InChI=1S/C36H59NO4/c1-8-13-18-29-23-31(20-15-10-3)35(40-27-38-6)33(25-29)37(22-17-12-5)34-26-30(19-14-9-2)24-32(21-16-11-4)36(34)41-28-39-7/h23-26H,8-22,27-28H2,1-7H3. The average Bonchev–Trinajstić information content (AvgIpc) is 2.99. The minimum atomic E-state index is 0.230. The van der Waals surface area contributed by atoms with Gasteiger partial charge in [0.25, 0.3) is 0 Å². The van der Waals surface area contributed by atoms with E-state index in [9.17, 15) is 0 Å². The highest BCUT2D eigenvalue weighted by molar-refractivity contribution is 5.77. The van der Waals surface area contributed by atoms with Crippen LogP contribution in [0.1, 0.15) is 121 Å². The monoisotopic (exact) mass is 569 g/mol. The van der Waals surface area contributed by atoms with E-state index >= 15 is 0 Å². The molecule has 0 heterocycles. The maximum atomic E-state index is 6.44. The number of rotatable bonds is 23. The molecular formula is C36H59NO4. The molecule has 2 rings (SSSR count). The Morgan fingerprint density at radius 1 is 0.512 bits per heavy atom. The molecule has 0 aliphatic rings. The first-order chi connectivity index (χ1) is 20.1. The van der Waals surface area contributed by atoms with E-state index in [0.717, 1.165) is 93.6 Å². The summed E-state index contributed by atoms with van der Waals surface area (Å²) in [6.45, 7) is 12.6. The Morgan fingerprint density at radius 3 is 1.27 bits per heavy atom. The fourth-order valence-corrected chi connectivity index (χ4v) is 5.29. The molecule has 0 radical (unpaired) electrons. The maximum absolute atomic E-state index is 6.44. The molecule has 0 unspecified atom stereocenters. The highest BCUT2D eigenvalue weighted by Gasteiger charge is 2.24. The summed E-state index contributed by atoms with van der Waals surface area (Å²) in [6, 6.07) is 9.50. The van der Waals surface area contributed by atoms with Gasteiger partial charge in [-0.3, -0.25) is 0 Å². The van der Waals surface area contributed by atoms with Crippen molar-refractivity contribution < 1.29 is 18.9 Å². The van der Waals surface area contributed by atoms with Crippen LogP contribution in [0.3, 0.4) is 0 Å². The molecule has 5 nitrogen and oxygen atoms in total. The van der Waals surface area contributed by atoms with Crippen LogP contribution in [0.4, 0.5) is 11.4 Å². The van der Waals surface area contributed by atoms with Crippen LogP contribution in [-0.4, -0.2) is 34.4 Å². The summed E-state index contributed by atoms with van der Waals surface area (Å²) in [5.74, 6) is 1.90. The van der Waals surface area contributed by atoms with Gasteiger partial charge in [0.1, 0.15) is 11.5 Å². The highest BCUT2D eigenvalue weighted by atomic mass is 16.7. The lowest BCUT2D eigenvalue weighted by Crippen LogP contribution is -2.22. The zero-order valence-electron chi connectivity index (χ0n) is 27.4. The number of unbranched alkanes of at least 4 members (excludes halogenated alkanes) is 5. The van der Waals surface area contributed by atoms with Gasteiger partial charge in [-0.05, 0) is 92.2 Å². The normalized spacial score (nSPS) is 11.2. The van der Waals surface area contributed by atoms with Crippen LogP contribution in [0.15, 0.2) is 24.3 Å². The molecule has 2 aromatic rings. The minimum absolute atomic E-state index is 0.230. The third-order valence-corrected chi connectivity index (χ3v) is 7.61. The van der Waals surface area contributed by atoms with Gasteiger partial charge in [-0.15, -0.1) is 0 Å². The van der Waals surface area contributed by atoms with Crippen LogP contribution < -0.4 is 14.4 Å². The summed E-state index contributed by atoms with van der Waals surface area (Å²) < 4.78 is 23.8. The van der Waals surface area contributed by atoms with E-state index in [4.69, 9.17) is 18.9 Å². The van der Waals surface area contributed by atoms with Crippen molar-refractivity contribution in [2.75, 3.05) is 39.3 Å². The molecule has 0 saturated heterocycles. The quantitative estimate of drug-likeness (QED) is 0.125. The molecule has 0 fully saturated rings. The molecule has 2 aromatic carbocycles. The third kappa shape index (κ3) is 11.2. The van der Waals surface area contributed by atoms with Crippen LogP contribution in [0.5, 0.6) is 11.5 Å². The molecule has 0 aromatic heterocycles. The predicted octanol–water partition coefficient (Wildman–Crippen LogP) is 9.96. The lowest BCUT2D eigenvalue weighted by Gasteiger charge is -2.32. The molecule has 0 spiro atoms. The van der Waals surface area contributed by atoms with Crippen molar-refractivity contribution in [3.63, 3.8) is 0 Å². The molecular weight excluding hydrogens is 510 g/mol. The van der Waals surface area contributed by atoms with Crippen LogP contribution in [-0.2, 0) is 35.2 Å². The smallest absolute Gasteiger partial charge is 0.188 e. The van der Waals surface area contributed by atoms with Gasteiger partial charge in [0, 0.05) is 20.8 Å². The zero-order valence-corrected chi connectivity index (χ0v) is 27.4. The lowest BCUT2D eigenvalue weighted by atomic mass is 9.96. The van der Waals surface area contributed by atoms with Crippen molar-refractivity contribution in [3.05, 3.63) is 46.5 Å². The first-order valence-corrected chi connectivity index (χ1v) is 16.4. The Balaban J connectivity index is 2.88. The lowest BCUT2D eigenvalue weighted by molar-refractivity contribution is 0.0502. The van der Waals surface area contributed by atoms with Gasteiger partial charge in [0.15, 0.2) is 13.6 Å². The maximum Gasteiger partial charge on any atom is 0.188 e. The molecule has 0 aliphatic heterocycles. The van der Waals surface area contributed by atoms with Crippen LogP contribution >= 0.6 is 0 Å². The number of hydrogen-bond acceptors (Lipinski definition) is 5. The number of methoxy groups -OCH3 is 2. The van der Waals surface area contributed by atoms with Crippen molar-refractivity contribution in [1.82, 2.24) is 0 Å². The minimum Gasteiger partial charge on any atom is -0.465 e. The second-order valence-corrected chi connectivity index (χ2v) is 11.2.